The van der Waals surface area contributed by atoms with E-state index in [0.29, 0.717) is 22.5 Å². The summed E-state index contributed by atoms with van der Waals surface area (Å²) in [6.45, 7) is 0. The molecule has 1 heterocycles. The Balaban J connectivity index is 1.44. The van der Waals surface area contributed by atoms with Crippen molar-refractivity contribution < 1.29 is 0 Å². The fraction of sp³-hybridized carbons (Fsp3) is 0. The summed E-state index contributed by atoms with van der Waals surface area (Å²) < 4.78 is 0. The van der Waals surface area contributed by atoms with E-state index in [2.05, 4.69) is 54.6 Å². The zero-order valence-corrected chi connectivity index (χ0v) is 20.7. The van der Waals surface area contributed by atoms with Crippen LogP contribution in [0.15, 0.2) is 133 Å². The van der Waals surface area contributed by atoms with Gasteiger partial charge in [-0.25, -0.2) is 15.0 Å². The first-order valence-electron chi connectivity index (χ1n) is 12.1. The van der Waals surface area contributed by atoms with Gasteiger partial charge >= 0.3 is 0 Å². The predicted molar refractivity (Wildman–Crippen MR) is 152 cm³/mol. The van der Waals surface area contributed by atoms with Crippen LogP contribution in [0, 0.1) is 0 Å². The number of hydrogen-bond donors (Lipinski definition) is 0. The number of hydrogen-bond acceptors (Lipinski definition) is 3. The molecule has 0 saturated heterocycles. The summed E-state index contributed by atoms with van der Waals surface area (Å²) in [7, 11) is 0. The molecule has 0 fully saturated rings. The lowest BCUT2D eigenvalue weighted by atomic mass is 10.0. The molecule has 0 bridgehead atoms. The molecule has 0 spiro atoms. The molecule has 5 aromatic carbocycles. The van der Waals surface area contributed by atoms with Gasteiger partial charge in [0, 0.05) is 16.7 Å². The molecule has 0 saturated carbocycles. The smallest absolute Gasteiger partial charge is 0.165 e. The molecule has 0 amide bonds. The Morgan fingerprint density at radius 3 is 1.27 bits per heavy atom. The quantitative estimate of drug-likeness (QED) is 0.240. The van der Waals surface area contributed by atoms with E-state index in [1.807, 2.05) is 78.9 Å². The van der Waals surface area contributed by atoms with Crippen LogP contribution in [0.2, 0.25) is 5.02 Å². The maximum Gasteiger partial charge on any atom is 0.165 e. The molecular formula is C33H22ClN3. The van der Waals surface area contributed by atoms with Gasteiger partial charge in [-0.1, -0.05) is 133 Å². The summed E-state index contributed by atoms with van der Waals surface area (Å²) in [5.74, 6) is 1.75. The summed E-state index contributed by atoms with van der Waals surface area (Å²) in [6, 6.07) is 44.7. The average molecular weight is 496 g/mol. The van der Waals surface area contributed by atoms with Crippen molar-refractivity contribution in [3.8, 4) is 56.4 Å². The van der Waals surface area contributed by atoms with E-state index in [1.165, 1.54) is 5.56 Å². The summed E-state index contributed by atoms with van der Waals surface area (Å²) in [5, 5.41) is 0.594. The molecule has 0 atom stereocenters. The Morgan fingerprint density at radius 1 is 0.351 bits per heavy atom. The van der Waals surface area contributed by atoms with Crippen LogP contribution in [0.25, 0.3) is 56.4 Å². The molecule has 0 radical (unpaired) electrons. The third kappa shape index (κ3) is 4.90. The van der Waals surface area contributed by atoms with E-state index in [9.17, 15) is 0 Å². The van der Waals surface area contributed by atoms with E-state index in [0.717, 1.165) is 33.4 Å². The minimum absolute atomic E-state index is 0.542. The standard InChI is InChI=1S/C33H22ClN3/c34-30-22-28(24-12-6-2-7-13-24)20-21-29(30)33-36-31(26-14-8-3-9-15-26)35-32(37-33)27-18-16-25(17-19-27)23-10-4-1-5-11-23/h1-22H. The van der Waals surface area contributed by atoms with Crippen molar-refractivity contribution in [2.75, 3.05) is 0 Å². The monoisotopic (exact) mass is 495 g/mol. The lowest BCUT2D eigenvalue weighted by Crippen LogP contribution is -2.00. The van der Waals surface area contributed by atoms with Gasteiger partial charge < -0.3 is 0 Å². The van der Waals surface area contributed by atoms with Gasteiger partial charge in [0.1, 0.15) is 0 Å². The predicted octanol–water partition coefficient (Wildman–Crippen LogP) is 8.86. The van der Waals surface area contributed by atoms with Crippen molar-refractivity contribution in [3.63, 3.8) is 0 Å². The second-order valence-electron chi connectivity index (χ2n) is 8.68. The van der Waals surface area contributed by atoms with Crippen molar-refractivity contribution in [2.45, 2.75) is 0 Å². The fourth-order valence-electron chi connectivity index (χ4n) is 4.29. The summed E-state index contributed by atoms with van der Waals surface area (Å²) in [6.07, 6.45) is 0. The molecule has 0 aliphatic heterocycles. The molecule has 0 unspecified atom stereocenters. The lowest BCUT2D eigenvalue weighted by Gasteiger charge is -2.11. The SMILES string of the molecule is Clc1cc(-c2ccccc2)ccc1-c1nc(-c2ccccc2)nc(-c2ccc(-c3ccccc3)cc2)n1. The minimum atomic E-state index is 0.542. The number of aromatic nitrogens is 3. The molecule has 4 heteroatoms. The number of benzene rings is 5. The topological polar surface area (TPSA) is 38.7 Å². The van der Waals surface area contributed by atoms with Crippen LogP contribution in [-0.4, -0.2) is 15.0 Å². The highest BCUT2D eigenvalue weighted by molar-refractivity contribution is 6.33. The maximum atomic E-state index is 6.80. The van der Waals surface area contributed by atoms with E-state index >= 15 is 0 Å². The van der Waals surface area contributed by atoms with Gasteiger partial charge in [0.2, 0.25) is 0 Å². The molecule has 6 rings (SSSR count). The van der Waals surface area contributed by atoms with Crippen molar-refractivity contribution in [1.82, 2.24) is 15.0 Å². The Morgan fingerprint density at radius 2 is 0.730 bits per heavy atom. The van der Waals surface area contributed by atoms with Gasteiger partial charge in [0.15, 0.2) is 17.5 Å². The molecule has 0 N–H and O–H groups in total. The third-order valence-electron chi connectivity index (χ3n) is 6.23. The van der Waals surface area contributed by atoms with Crippen LogP contribution in [0.5, 0.6) is 0 Å². The van der Waals surface area contributed by atoms with Gasteiger partial charge in [0.25, 0.3) is 0 Å². The van der Waals surface area contributed by atoms with Crippen LogP contribution in [0.4, 0.5) is 0 Å². The Kier molecular flexibility index (Phi) is 6.28. The van der Waals surface area contributed by atoms with E-state index in [-0.39, 0.29) is 0 Å². The maximum absolute atomic E-state index is 6.80. The van der Waals surface area contributed by atoms with Crippen molar-refractivity contribution in [2.24, 2.45) is 0 Å². The van der Waals surface area contributed by atoms with Crippen LogP contribution < -0.4 is 0 Å². The lowest BCUT2D eigenvalue weighted by molar-refractivity contribution is 1.07. The minimum Gasteiger partial charge on any atom is -0.208 e. The van der Waals surface area contributed by atoms with Crippen LogP contribution in [0.3, 0.4) is 0 Å². The van der Waals surface area contributed by atoms with Crippen molar-refractivity contribution in [1.29, 1.82) is 0 Å². The highest BCUT2D eigenvalue weighted by atomic mass is 35.5. The third-order valence-corrected chi connectivity index (χ3v) is 6.55. The fourth-order valence-corrected chi connectivity index (χ4v) is 4.56. The van der Waals surface area contributed by atoms with Gasteiger partial charge in [-0.15, -0.1) is 0 Å². The first kappa shape index (κ1) is 22.8. The van der Waals surface area contributed by atoms with E-state index in [4.69, 9.17) is 26.6 Å². The van der Waals surface area contributed by atoms with Gasteiger partial charge in [-0.05, 0) is 34.4 Å². The summed E-state index contributed by atoms with van der Waals surface area (Å²) in [5.41, 5.74) is 7.06. The number of nitrogens with zero attached hydrogens (tertiary/aromatic N) is 3. The van der Waals surface area contributed by atoms with Crippen molar-refractivity contribution in [3.05, 3.63) is 138 Å². The molecule has 0 aliphatic carbocycles. The average Bonchev–Trinajstić information content (AvgIpc) is 2.98. The molecular weight excluding hydrogens is 474 g/mol. The molecule has 6 aromatic rings. The highest BCUT2D eigenvalue weighted by Gasteiger charge is 2.15. The van der Waals surface area contributed by atoms with Gasteiger partial charge in [-0.3, -0.25) is 0 Å². The van der Waals surface area contributed by atoms with Gasteiger partial charge in [-0.2, -0.15) is 0 Å². The summed E-state index contributed by atoms with van der Waals surface area (Å²) in [4.78, 5) is 14.5. The summed E-state index contributed by atoms with van der Waals surface area (Å²) >= 11 is 6.80. The zero-order chi connectivity index (χ0) is 25.0. The molecule has 176 valence electrons. The zero-order valence-electron chi connectivity index (χ0n) is 19.9. The second-order valence-corrected chi connectivity index (χ2v) is 9.08. The Hall–Kier alpha value is -4.60. The first-order chi connectivity index (χ1) is 18.2. The molecule has 37 heavy (non-hydrogen) atoms. The second kappa shape index (κ2) is 10.2. The number of rotatable bonds is 5. The van der Waals surface area contributed by atoms with E-state index < -0.39 is 0 Å². The largest absolute Gasteiger partial charge is 0.208 e. The molecule has 0 aliphatic rings. The van der Waals surface area contributed by atoms with Crippen LogP contribution >= 0.6 is 11.6 Å². The molecule has 3 nitrogen and oxygen atoms in total. The normalized spacial score (nSPS) is 10.8. The Bertz CT molecular complexity index is 1650. The first-order valence-corrected chi connectivity index (χ1v) is 12.5. The van der Waals surface area contributed by atoms with Crippen LogP contribution in [0.1, 0.15) is 0 Å². The van der Waals surface area contributed by atoms with Crippen LogP contribution in [-0.2, 0) is 0 Å². The van der Waals surface area contributed by atoms with Crippen molar-refractivity contribution >= 4 is 11.6 Å². The Labute approximate surface area is 221 Å². The highest BCUT2D eigenvalue weighted by Crippen LogP contribution is 2.33. The molecule has 1 aromatic heterocycles. The number of halogens is 1. The van der Waals surface area contributed by atoms with E-state index in [1.54, 1.807) is 0 Å². The van der Waals surface area contributed by atoms with Gasteiger partial charge in [0.05, 0.1) is 5.02 Å².